The van der Waals surface area contributed by atoms with Gasteiger partial charge in [-0.25, -0.2) is 12.4 Å². The molecule has 1 aromatic heterocycles. The smallest absolute Gasteiger partial charge is 0.271 e. The van der Waals surface area contributed by atoms with Gasteiger partial charge >= 0.3 is 0 Å². The van der Waals surface area contributed by atoms with Crippen LogP contribution in [0.2, 0.25) is 0 Å². The minimum atomic E-state index is -3.76. The molecule has 0 bridgehead atoms. The second-order valence-corrected chi connectivity index (χ2v) is 8.51. The SMILES string of the molecule is CCN1Cc2cccc3c2c(cn3S(=O)(=O)c2cc(C)ccc2OC)C1. The van der Waals surface area contributed by atoms with E-state index in [0.717, 1.165) is 41.7 Å². The fourth-order valence-corrected chi connectivity index (χ4v) is 5.35. The Kier molecular flexibility index (Phi) is 4.04. The van der Waals surface area contributed by atoms with Gasteiger partial charge < -0.3 is 4.74 Å². The van der Waals surface area contributed by atoms with Crippen molar-refractivity contribution >= 4 is 20.9 Å². The van der Waals surface area contributed by atoms with Gasteiger partial charge in [0.1, 0.15) is 10.6 Å². The zero-order chi connectivity index (χ0) is 18.5. The third-order valence-corrected chi connectivity index (χ3v) is 6.75. The molecule has 0 radical (unpaired) electrons. The van der Waals surface area contributed by atoms with Crippen LogP contribution >= 0.6 is 0 Å². The number of aryl methyl sites for hydroxylation is 1. The molecule has 3 aromatic rings. The predicted octanol–water partition coefficient (Wildman–Crippen LogP) is 3.53. The Morgan fingerprint density at radius 2 is 1.88 bits per heavy atom. The molecule has 0 N–H and O–H groups in total. The van der Waals surface area contributed by atoms with E-state index in [1.165, 1.54) is 16.6 Å². The molecular formula is C20H22N2O3S. The minimum absolute atomic E-state index is 0.195. The summed E-state index contributed by atoms with van der Waals surface area (Å²) in [4.78, 5) is 2.50. The Bertz CT molecular complexity index is 1100. The van der Waals surface area contributed by atoms with Gasteiger partial charge in [0.2, 0.25) is 0 Å². The van der Waals surface area contributed by atoms with Gasteiger partial charge in [-0.15, -0.1) is 0 Å². The molecule has 0 aliphatic carbocycles. The highest BCUT2D eigenvalue weighted by molar-refractivity contribution is 7.90. The first-order valence-corrected chi connectivity index (χ1v) is 10.1. The molecule has 0 unspecified atom stereocenters. The lowest BCUT2D eigenvalue weighted by atomic mass is 10.0. The average molecular weight is 370 g/mol. The van der Waals surface area contributed by atoms with Gasteiger partial charge in [0.15, 0.2) is 0 Å². The highest BCUT2D eigenvalue weighted by atomic mass is 32.2. The lowest BCUT2D eigenvalue weighted by molar-refractivity contribution is 0.267. The van der Waals surface area contributed by atoms with Crippen LogP contribution in [0.3, 0.4) is 0 Å². The van der Waals surface area contributed by atoms with Crippen LogP contribution in [0, 0.1) is 6.92 Å². The van der Waals surface area contributed by atoms with Crippen molar-refractivity contribution in [1.29, 1.82) is 0 Å². The Labute approximate surface area is 153 Å². The maximum absolute atomic E-state index is 13.5. The predicted molar refractivity (Wildman–Crippen MR) is 102 cm³/mol. The molecule has 2 heterocycles. The van der Waals surface area contributed by atoms with Gasteiger partial charge in [-0.1, -0.05) is 25.1 Å². The van der Waals surface area contributed by atoms with Gasteiger partial charge in [0.05, 0.1) is 12.6 Å². The number of methoxy groups -OCH3 is 1. The lowest BCUT2D eigenvalue weighted by Crippen LogP contribution is -2.25. The molecule has 1 aliphatic rings. The molecule has 0 amide bonds. The third kappa shape index (κ3) is 2.52. The van der Waals surface area contributed by atoms with E-state index in [4.69, 9.17) is 4.74 Å². The Hall–Kier alpha value is -2.31. The fraction of sp³-hybridized carbons (Fsp3) is 0.300. The van der Waals surface area contributed by atoms with E-state index in [9.17, 15) is 8.42 Å². The summed E-state index contributed by atoms with van der Waals surface area (Å²) in [6.07, 6.45) is 1.77. The summed E-state index contributed by atoms with van der Waals surface area (Å²) >= 11 is 0. The van der Waals surface area contributed by atoms with Crippen LogP contribution < -0.4 is 4.74 Å². The van der Waals surface area contributed by atoms with Crippen molar-refractivity contribution in [2.75, 3.05) is 13.7 Å². The highest BCUT2D eigenvalue weighted by Crippen LogP contribution is 2.35. The number of ether oxygens (including phenoxy) is 1. The Morgan fingerprint density at radius 3 is 2.62 bits per heavy atom. The van der Waals surface area contributed by atoms with E-state index in [0.29, 0.717) is 5.75 Å². The van der Waals surface area contributed by atoms with E-state index >= 15 is 0 Å². The molecule has 2 aromatic carbocycles. The standard InChI is InChI=1S/C20H22N2O3S/c1-4-21-11-15-6-5-7-17-20(15)16(12-21)13-22(17)26(23,24)19-10-14(2)8-9-18(19)25-3/h5-10,13H,4,11-12H2,1-3H3. The second kappa shape index (κ2) is 6.14. The first kappa shape index (κ1) is 17.1. The number of nitrogens with zero attached hydrogens (tertiary/aromatic N) is 2. The molecule has 0 saturated heterocycles. The normalized spacial score (nSPS) is 14.7. The second-order valence-electron chi connectivity index (χ2n) is 6.72. The molecule has 4 rings (SSSR count). The molecule has 26 heavy (non-hydrogen) atoms. The summed E-state index contributed by atoms with van der Waals surface area (Å²) in [5.41, 5.74) is 3.84. The zero-order valence-electron chi connectivity index (χ0n) is 15.2. The van der Waals surface area contributed by atoms with Crippen molar-refractivity contribution in [3.63, 3.8) is 0 Å². The minimum Gasteiger partial charge on any atom is -0.495 e. The monoisotopic (exact) mass is 370 g/mol. The molecule has 1 aliphatic heterocycles. The van der Waals surface area contributed by atoms with Gasteiger partial charge in [0.25, 0.3) is 10.0 Å². The van der Waals surface area contributed by atoms with Crippen molar-refractivity contribution in [3.8, 4) is 5.75 Å². The van der Waals surface area contributed by atoms with Crippen molar-refractivity contribution in [2.45, 2.75) is 31.8 Å². The Morgan fingerprint density at radius 1 is 1.12 bits per heavy atom. The summed E-state index contributed by atoms with van der Waals surface area (Å²) < 4.78 is 33.7. The van der Waals surface area contributed by atoms with Crippen LogP contribution in [0.1, 0.15) is 23.6 Å². The number of aromatic nitrogens is 1. The van der Waals surface area contributed by atoms with Crippen LogP contribution in [0.5, 0.6) is 5.75 Å². The van der Waals surface area contributed by atoms with Gasteiger partial charge in [-0.2, -0.15) is 0 Å². The molecule has 6 heteroatoms. The third-order valence-electron chi connectivity index (χ3n) is 5.05. The van der Waals surface area contributed by atoms with E-state index in [2.05, 4.69) is 17.9 Å². The summed E-state index contributed by atoms with van der Waals surface area (Å²) in [5.74, 6) is 0.361. The van der Waals surface area contributed by atoms with E-state index in [-0.39, 0.29) is 4.90 Å². The maximum atomic E-state index is 13.5. The maximum Gasteiger partial charge on any atom is 0.271 e. The van der Waals surface area contributed by atoms with Crippen molar-refractivity contribution in [1.82, 2.24) is 8.87 Å². The van der Waals surface area contributed by atoms with Gasteiger partial charge in [-0.3, -0.25) is 4.90 Å². The first-order valence-electron chi connectivity index (χ1n) is 8.70. The Balaban J connectivity index is 1.97. The highest BCUT2D eigenvalue weighted by Gasteiger charge is 2.28. The average Bonchev–Trinajstić information content (AvgIpc) is 3.02. The van der Waals surface area contributed by atoms with Gasteiger partial charge in [-0.05, 0) is 48.4 Å². The summed E-state index contributed by atoms with van der Waals surface area (Å²) in [6, 6.07) is 11.1. The van der Waals surface area contributed by atoms with Crippen LogP contribution in [-0.2, 0) is 23.1 Å². The topological polar surface area (TPSA) is 51.5 Å². The molecular weight excluding hydrogens is 348 g/mol. The van der Waals surface area contributed by atoms with Crippen LogP contribution in [0.4, 0.5) is 0 Å². The summed E-state index contributed by atoms with van der Waals surface area (Å²) in [5, 5.41) is 1.06. The number of benzene rings is 2. The van der Waals surface area contributed by atoms with Crippen LogP contribution in [0.15, 0.2) is 47.5 Å². The molecule has 136 valence electrons. The summed E-state index contributed by atoms with van der Waals surface area (Å²) in [6.45, 7) is 6.54. The molecule has 0 fully saturated rings. The largest absolute Gasteiger partial charge is 0.495 e. The molecule has 5 nitrogen and oxygen atoms in total. The van der Waals surface area contributed by atoms with E-state index in [1.54, 1.807) is 18.3 Å². The van der Waals surface area contributed by atoms with Crippen molar-refractivity contribution in [2.24, 2.45) is 0 Å². The number of rotatable bonds is 4. The lowest BCUT2D eigenvalue weighted by Gasteiger charge is -2.25. The molecule has 0 saturated carbocycles. The van der Waals surface area contributed by atoms with E-state index in [1.807, 2.05) is 25.1 Å². The molecule has 0 spiro atoms. The first-order chi connectivity index (χ1) is 12.5. The number of hydrogen-bond acceptors (Lipinski definition) is 4. The number of hydrogen-bond donors (Lipinski definition) is 0. The van der Waals surface area contributed by atoms with Gasteiger partial charge in [0, 0.05) is 24.7 Å². The quantitative estimate of drug-likeness (QED) is 0.705. The fourth-order valence-electron chi connectivity index (χ4n) is 3.72. The van der Waals surface area contributed by atoms with Crippen molar-refractivity contribution in [3.05, 3.63) is 59.3 Å². The molecule has 0 atom stereocenters. The summed E-state index contributed by atoms with van der Waals surface area (Å²) in [7, 11) is -2.27. The van der Waals surface area contributed by atoms with E-state index < -0.39 is 10.0 Å². The van der Waals surface area contributed by atoms with Crippen LogP contribution in [0.25, 0.3) is 10.9 Å². The van der Waals surface area contributed by atoms with Crippen molar-refractivity contribution < 1.29 is 13.2 Å². The van der Waals surface area contributed by atoms with Crippen LogP contribution in [-0.4, -0.2) is 30.9 Å². The zero-order valence-corrected chi connectivity index (χ0v) is 16.0.